The van der Waals surface area contributed by atoms with Crippen LogP contribution >= 0.6 is 7.92 Å². The molecule has 0 aliphatic carbocycles. The highest BCUT2D eigenvalue weighted by molar-refractivity contribution is 7.73. The van der Waals surface area contributed by atoms with Crippen molar-refractivity contribution in [3.05, 3.63) is 60.7 Å². The highest BCUT2D eigenvalue weighted by Gasteiger charge is 2.50. The lowest BCUT2D eigenvalue weighted by atomic mass is 9.90. The zero-order valence-corrected chi connectivity index (χ0v) is 18.4. The molecule has 0 N–H and O–H groups in total. The molecule has 28 heavy (non-hydrogen) atoms. The average molecular weight is 395 g/mol. The number of nitrogens with zero attached hydrogens (tertiary/aromatic N) is 1. The van der Waals surface area contributed by atoms with E-state index < -0.39 is 18.8 Å². The molecule has 3 rings (SSSR count). The Morgan fingerprint density at radius 3 is 1.89 bits per heavy atom. The lowest BCUT2D eigenvalue weighted by molar-refractivity contribution is -0.151. The molecule has 1 heterocycles. The topological polar surface area (TPSA) is 37.4 Å². The van der Waals surface area contributed by atoms with Gasteiger partial charge in [-0.2, -0.15) is 0 Å². The van der Waals surface area contributed by atoms with Crippen molar-refractivity contribution in [1.82, 2.24) is 4.90 Å². The van der Waals surface area contributed by atoms with Gasteiger partial charge in [0.2, 0.25) is 11.8 Å². The lowest BCUT2D eigenvalue weighted by Gasteiger charge is -2.32. The molecule has 148 valence electrons. The van der Waals surface area contributed by atoms with Gasteiger partial charge in [-0.25, -0.2) is 0 Å². The van der Waals surface area contributed by atoms with Gasteiger partial charge in [-0.05, 0) is 31.1 Å². The standard InChI is InChI=1S/C24H30NO2P/c1-23(2,3)21(26)25-18(16-24(4,5)22(25)27)17-28(19-12-8-6-9-13-19)20-14-10-7-11-15-20/h6-15,18H,16-17H2,1-5H3/t18-/m0/s1. The molecular weight excluding hydrogens is 365 g/mol. The molecule has 4 heteroatoms. The van der Waals surface area contributed by atoms with Crippen LogP contribution in [-0.4, -0.2) is 28.9 Å². The van der Waals surface area contributed by atoms with Crippen molar-refractivity contribution in [3.8, 4) is 0 Å². The van der Waals surface area contributed by atoms with Gasteiger partial charge in [0.1, 0.15) is 0 Å². The third-order valence-corrected chi connectivity index (χ3v) is 7.93. The minimum Gasteiger partial charge on any atom is -0.278 e. The Labute approximate surface area is 169 Å². The summed E-state index contributed by atoms with van der Waals surface area (Å²) in [7, 11) is -0.656. The molecule has 0 radical (unpaired) electrons. The Kier molecular flexibility index (Phi) is 5.77. The maximum atomic E-state index is 13.1. The van der Waals surface area contributed by atoms with Crippen molar-refractivity contribution in [3.63, 3.8) is 0 Å². The molecule has 0 unspecified atom stereocenters. The summed E-state index contributed by atoms with van der Waals surface area (Å²) in [6, 6.07) is 20.9. The zero-order valence-electron chi connectivity index (χ0n) is 17.5. The number of carbonyl (C=O) groups is 2. The van der Waals surface area contributed by atoms with Crippen LogP contribution in [0, 0.1) is 10.8 Å². The van der Waals surface area contributed by atoms with Crippen LogP contribution in [0.2, 0.25) is 0 Å². The summed E-state index contributed by atoms with van der Waals surface area (Å²) in [6.07, 6.45) is 1.52. The van der Waals surface area contributed by atoms with Crippen molar-refractivity contribution in [2.24, 2.45) is 10.8 Å². The van der Waals surface area contributed by atoms with Gasteiger partial charge in [-0.3, -0.25) is 14.5 Å². The minimum absolute atomic E-state index is 0.0338. The molecule has 1 aliphatic rings. The lowest BCUT2D eigenvalue weighted by Crippen LogP contribution is -2.47. The maximum absolute atomic E-state index is 13.1. The number of amides is 2. The van der Waals surface area contributed by atoms with Crippen LogP contribution < -0.4 is 10.6 Å². The molecule has 0 aromatic heterocycles. The summed E-state index contributed by atoms with van der Waals surface area (Å²) in [5.41, 5.74) is -1.07. The Morgan fingerprint density at radius 2 is 1.46 bits per heavy atom. The minimum atomic E-state index is -0.656. The van der Waals surface area contributed by atoms with Crippen LogP contribution in [0.4, 0.5) is 0 Å². The van der Waals surface area contributed by atoms with Gasteiger partial charge in [0.15, 0.2) is 0 Å². The van der Waals surface area contributed by atoms with Gasteiger partial charge in [0, 0.05) is 16.9 Å². The van der Waals surface area contributed by atoms with Crippen LogP contribution in [-0.2, 0) is 9.59 Å². The maximum Gasteiger partial charge on any atom is 0.235 e. The van der Waals surface area contributed by atoms with E-state index in [1.807, 2.05) is 46.8 Å². The van der Waals surface area contributed by atoms with Crippen LogP contribution in [0.15, 0.2) is 60.7 Å². The summed E-state index contributed by atoms with van der Waals surface area (Å²) in [5, 5.41) is 2.56. The number of rotatable bonds is 4. The Morgan fingerprint density at radius 1 is 1.00 bits per heavy atom. The number of hydrogen-bond acceptors (Lipinski definition) is 2. The van der Waals surface area contributed by atoms with Gasteiger partial charge >= 0.3 is 0 Å². The third kappa shape index (κ3) is 4.20. The summed E-state index contributed by atoms with van der Waals surface area (Å²) in [4.78, 5) is 27.8. The van der Waals surface area contributed by atoms with Crippen LogP contribution in [0.3, 0.4) is 0 Å². The summed E-state index contributed by atoms with van der Waals surface area (Å²) < 4.78 is 0. The third-order valence-electron chi connectivity index (χ3n) is 5.30. The molecule has 1 saturated heterocycles. The van der Waals surface area contributed by atoms with Gasteiger partial charge in [-0.1, -0.05) is 95.3 Å². The Bertz CT molecular complexity index is 800. The first kappa shape index (κ1) is 20.7. The Balaban J connectivity index is 1.99. The molecule has 1 fully saturated rings. The van der Waals surface area contributed by atoms with Gasteiger partial charge in [0.25, 0.3) is 0 Å². The van der Waals surface area contributed by atoms with Crippen molar-refractivity contribution in [1.29, 1.82) is 0 Å². The van der Waals surface area contributed by atoms with E-state index in [2.05, 4.69) is 48.5 Å². The normalized spacial score (nSPS) is 19.3. The smallest absolute Gasteiger partial charge is 0.235 e. The van der Waals surface area contributed by atoms with E-state index in [-0.39, 0.29) is 17.9 Å². The molecular formula is C24H30NO2P. The fraction of sp³-hybridized carbons (Fsp3) is 0.417. The van der Waals surface area contributed by atoms with E-state index in [0.717, 1.165) is 6.16 Å². The molecule has 2 aromatic carbocycles. The van der Waals surface area contributed by atoms with Crippen molar-refractivity contribution >= 4 is 30.3 Å². The molecule has 2 aromatic rings. The van der Waals surface area contributed by atoms with Crippen molar-refractivity contribution in [2.45, 2.75) is 47.1 Å². The first-order chi connectivity index (χ1) is 13.1. The predicted molar refractivity (Wildman–Crippen MR) is 117 cm³/mol. The van der Waals surface area contributed by atoms with Crippen LogP contribution in [0.5, 0.6) is 0 Å². The van der Waals surface area contributed by atoms with Crippen molar-refractivity contribution in [2.75, 3.05) is 6.16 Å². The molecule has 0 spiro atoms. The van der Waals surface area contributed by atoms with Gasteiger partial charge < -0.3 is 0 Å². The van der Waals surface area contributed by atoms with Crippen LogP contribution in [0.25, 0.3) is 0 Å². The molecule has 1 atom stereocenters. The van der Waals surface area contributed by atoms with E-state index in [4.69, 9.17) is 0 Å². The first-order valence-corrected chi connectivity index (χ1v) is 11.4. The summed E-state index contributed by atoms with van der Waals surface area (Å²) in [5.74, 6) is -0.0994. The zero-order chi connectivity index (χ0) is 20.5. The predicted octanol–water partition coefficient (Wildman–Crippen LogP) is 4.32. The highest BCUT2D eigenvalue weighted by atomic mass is 31.1. The summed E-state index contributed by atoms with van der Waals surface area (Å²) >= 11 is 0. The summed E-state index contributed by atoms with van der Waals surface area (Å²) in [6.45, 7) is 9.60. The Hall–Kier alpha value is -1.99. The second-order valence-corrected chi connectivity index (χ2v) is 11.5. The monoisotopic (exact) mass is 395 g/mol. The fourth-order valence-corrected chi connectivity index (χ4v) is 6.31. The fourth-order valence-electron chi connectivity index (χ4n) is 3.81. The molecule has 3 nitrogen and oxygen atoms in total. The van der Waals surface area contributed by atoms with E-state index in [0.29, 0.717) is 6.42 Å². The first-order valence-electron chi connectivity index (χ1n) is 9.87. The second kappa shape index (κ2) is 7.79. The van der Waals surface area contributed by atoms with Gasteiger partial charge in [-0.15, -0.1) is 0 Å². The largest absolute Gasteiger partial charge is 0.278 e. The van der Waals surface area contributed by atoms with E-state index in [9.17, 15) is 9.59 Å². The average Bonchev–Trinajstić information content (AvgIpc) is 2.88. The number of imide groups is 1. The van der Waals surface area contributed by atoms with Crippen molar-refractivity contribution < 1.29 is 9.59 Å². The van der Waals surface area contributed by atoms with Gasteiger partial charge in [0.05, 0.1) is 0 Å². The molecule has 0 bridgehead atoms. The quantitative estimate of drug-likeness (QED) is 0.723. The van der Waals surface area contributed by atoms with E-state index in [1.54, 1.807) is 4.90 Å². The number of likely N-dealkylation sites (tertiary alicyclic amines) is 1. The van der Waals surface area contributed by atoms with E-state index >= 15 is 0 Å². The SMILES string of the molecule is CC(C)(C)C(=O)N1C(=O)C(C)(C)C[C@H]1CP(c1ccccc1)c1ccccc1. The number of carbonyl (C=O) groups excluding carboxylic acids is 2. The second-order valence-electron chi connectivity index (χ2n) is 9.25. The molecule has 2 amide bonds. The number of benzene rings is 2. The molecule has 1 aliphatic heterocycles. The number of hydrogen-bond donors (Lipinski definition) is 0. The van der Waals surface area contributed by atoms with Crippen LogP contribution in [0.1, 0.15) is 41.0 Å². The highest BCUT2D eigenvalue weighted by Crippen LogP contribution is 2.44. The molecule has 0 saturated carbocycles. The van der Waals surface area contributed by atoms with E-state index in [1.165, 1.54) is 10.6 Å².